The molecule has 1 aromatic carbocycles. The van der Waals surface area contributed by atoms with Gasteiger partial charge in [0.05, 0.1) is 5.01 Å². The van der Waals surface area contributed by atoms with Gasteiger partial charge in [-0.2, -0.15) is 0 Å². The largest absolute Gasteiger partial charge is 0.316 e. The van der Waals surface area contributed by atoms with Crippen LogP contribution < -0.4 is 5.32 Å². The molecule has 4 heteroatoms. The molecule has 18 heavy (non-hydrogen) atoms. The van der Waals surface area contributed by atoms with Gasteiger partial charge < -0.3 is 5.32 Å². The Balaban J connectivity index is 1.90. The van der Waals surface area contributed by atoms with Crippen molar-refractivity contribution in [3.8, 4) is 0 Å². The lowest BCUT2D eigenvalue weighted by Gasteiger charge is -2.31. The molecule has 2 atom stereocenters. The Morgan fingerprint density at radius 2 is 2.06 bits per heavy atom. The van der Waals surface area contributed by atoms with Crippen LogP contribution >= 0.6 is 22.9 Å². The number of thiazole rings is 1. The Kier molecular flexibility index (Phi) is 3.64. The molecule has 2 heterocycles. The highest BCUT2D eigenvalue weighted by molar-refractivity contribution is 7.09. The van der Waals surface area contributed by atoms with Gasteiger partial charge >= 0.3 is 0 Å². The highest BCUT2D eigenvalue weighted by Crippen LogP contribution is 2.38. The molecule has 1 N–H and O–H groups in total. The van der Waals surface area contributed by atoms with E-state index in [4.69, 9.17) is 11.6 Å². The van der Waals surface area contributed by atoms with Crippen molar-refractivity contribution in [1.29, 1.82) is 0 Å². The number of nitrogens with zero attached hydrogens (tertiary/aromatic N) is 1. The number of hydrogen-bond donors (Lipinski definition) is 1. The van der Waals surface area contributed by atoms with E-state index >= 15 is 0 Å². The molecule has 1 aromatic heterocycles. The highest BCUT2D eigenvalue weighted by Gasteiger charge is 2.29. The summed E-state index contributed by atoms with van der Waals surface area (Å²) in [5.41, 5.74) is 1.35. The van der Waals surface area contributed by atoms with E-state index < -0.39 is 0 Å². The third-order valence-electron chi connectivity index (χ3n) is 3.55. The summed E-state index contributed by atoms with van der Waals surface area (Å²) in [7, 11) is 0. The molecule has 2 nitrogen and oxygen atoms in total. The minimum Gasteiger partial charge on any atom is -0.316 e. The summed E-state index contributed by atoms with van der Waals surface area (Å²) in [4.78, 5) is 4.50. The molecule has 1 aliphatic rings. The molecule has 0 saturated carbocycles. The maximum atomic E-state index is 5.96. The van der Waals surface area contributed by atoms with E-state index in [0.29, 0.717) is 11.8 Å². The predicted octanol–water partition coefficient (Wildman–Crippen LogP) is 3.66. The minimum atomic E-state index is 0.502. The highest BCUT2D eigenvalue weighted by atomic mass is 35.5. The maximum absolute atomic E-state index is 5.96. The van der Waals surface area contributed by atoms with Crippen LogP contribution in [0.4, 0.5) is 0 Å². The number of hydrogen-bond acceptors (Lipinski definition) is 3. The summed E-state index contributed by atoms with van der Waals surface area (Å²) in [5.74, 6) is 1.04. The standard InChI is InChI=1S/C14H15ClN2S/c15-11-3-1-10(2-4-11)13-9-16-6-5-12(13)14-17-7-8-18-14/h1-4,7-8,12-13,16H,5-6,9H2. The van der Waals surface area contributed by atoms with E-state index in [0.717, 1.165) is 24.5 Å². The Morgan fingerprint density at radius 3 is 2.78 bits per heavy atom. The first-order valence-electron chi connectivity index (χ1n) is 6.20. The number of piperidine rings is 1. The van der Waals surface area contributed by atoms with Crippen molar-refractivity contribution in [3.05, 3.63) is 51.4 Å². The maximum Gasteiger partial charge on any atom is 0.0962 e. The summed E-state index contributed by atoms with van der Waals surface area (Å²) in [6, 6.07) is 8.23. The first-order valence-corrected chi connectivity index (χ1v) is 7.46. The predicted molar refractivity (Wildman–Crippen MR) is 76.5 cm³/mol. The third-order valence-corrected chi connectivity index (χ3v) is 4.71. The second kappa shape index (κ2) is 5.39. The fourth-order valence-electron chi connectivity index (χ4n) is 2.63. The van der Waals surface area contributed by atoms with E-state index in [1.165, 1.54) is 10.6 Å². The molecule has 1 aliphatic heterocycles. The normalized spacial score (nSPS) is 24.1. The monoisotopic (exact) mass is 278 g/mol. The zero-order chi connectivity index (χ0) is 12.4. The van der Waals surface area contributed by atoms with Crippen LogP contribution in [-0.2, 0) is 0 Å². The Labute approximate surface area is 116 Å². The van der Waals surface area contributed by atoms with Crippen molar-refractivity contribution in [2.45, 2.75) is 18.3 Å². The van der Waals surface area contributed by atoms with Crippen molar-refractivity contribution in [2.24, 2.45) is 0 Å². The van der Waals surface area contributed by atoms with Gasteiger partial charge in [0.25, 0.3) is 0 Å². The fourth-order valence-corrected chi connectivity index (χ4v) is 3.60. The Morgan fingerprint density at radius 1 is 1.22 bits per heavy atom. The smallest absolute Gasteiger partial charge is 0.0962 e. The molecule has 0 aliphatic carbocycles. The van der Waals surface area contributed by atoms with E-state index in [9.17, 15) is 0 Å². The van der Waals surface area contributed by atoms with Crippen LogP contribution in [0.5, 0.6) is 0 Å². The number of nitrogens with one attached hydrogen (secondary N) is 1. The summed E-state index contributed by atoms with van der Waals surface area (Å²) in [5, 5.41) is 7.61. The van der Waals surface area contributed by atoms with Crippen molar-refractivity contribution < 1.29 is 0 Å². The van der Waals surface area contributed by atoms with Gasteiger partial charge in [-0.1, -0.05) is 23.7 Å². The molecule has 2 unspecified atom stereocenters. The van der Waals surface area contributed by atoms with Crippen LogP contribution in [-0.4, -0.2) is 18.1 Å². The van der Waals surface area contributed by atoms with Crippen LogP contribution in [0.15, 0.2) is 35.8 Å². The second-order valence-corrected chi connectivity index (χ2v) is 5.99. The summed E-state index contributed by atoms with van der Waals surface area (Å²) < 4.78 is 0. The molecule has 0 spiro atoms. The summed E-state index contributed by atoms with van der Waals surface area (Å²) >= 11 is 7.73. The van der Waals surface area contributed by atoms with Crippen molar-refractivity contribution >= 4 is 22.9 Å². The quantitative estimate of drug-likeness (QED) is 0.907. The van der Waals surface area contributed by atoms with E-state index in [1.807, 2.05) is 18.3 Å². The molecule has 2 aromatic rings. The molecule has 94 valence electrons. The average Bonchev–Trinajstić information content (AvgIpc) is 2.93. The molecule has 1 fully saturated rings. The van der Waals surface area contributed by atoms with E-state index in [1.54, 1.807) is 11.3 Å². The first-order chi connectivity index (χ1) is 8.84. The zero-order valence-electron chi connectivity index (χ0n) is 9.97. The van der Waals surface area contributed by atoms with E-state index in [2.05, 4.69) is 27.8 Å². The van der Waals surface area contributed by atoms with Crippen LogP contribution in [0.2, 0.25) is 5.02 Å². The molecule has 1 saturated heterocycles. The average molecular weight is 279 g/mol. The van der Waals surface area contributed by atoms with Gasteiger partial charge in [0.2, 0.25) is 0 Å². The molecule has 0 radical (unpaired) electrons. The van der Waals surface area contributed by atoms with Crippen molar-refractivity contribution in [1.82, 2.24) is 10.3 Å². The topological polar surface area (TPSA) is 24.9 Å². The zero-order valence-corrected chi connectivity index (χ0v) is 11.5. The van der Waals surface area contributed by atoms with Crippen LogP contribution in [0.25, 0.3) is 0 Å². The van der Waals surface area contributed by atoms with Gasteiger partial charge in [-0.05, 0) is 30.7 Å². The van der Waals surface area contributed by atoms with Gasteiger partial charge in [-0.25, -0.2) is 4.98 Å². The summed E-state index contributed by atoms with van der Waals surface area (Å²) in [6.07, 6.45) is 3.06. The molecule has 3 rings (SSSR count). The lowest BCUT2D eigenvalue weighted by atomic mass is 9.82. The summed E-state index contributed by atoms with van der Waals surface area (Å²) in [6.45, 7) is 2.10. The number of aromatic nitrogens is 1. The lowest BCUT2D eigenvalue weighted by Crippen LogP contribution is -2.33. The van der Waals surface area contributed by atoms with Crippen LogP contribution in [0, 0.1) is 0 Å². The fraction of sp³-hybridized carbons (Fsp3) is 0.357. The molecule has 0 bridgehead atoms. The minimum absolute atomic E-state index is 0.502. The van der Waals surface area contributed by atoms with E-state index in [-0.39, 0.29) is 0 Å². The Bertz CT molecular complexity index is 495. The Hall–Kier alpha value is -0.900. The number of benzene rings is 1. The van der Waals surface area contributed by atoms with Gasteiger partial charge in [-0.3, -0.25) is 0 Å². The van der Waals surface area contributed by atoms with Crippen molar-refractivity contribution in [2.75, 3.05) is 13.1 Å². The first kappa shape index (κ1) is 12.2. The van der Waals surface area contributed by atoms with Crippen molar-refractivity contribution in [3.63, 3.8) is 0 Å². The lowest BCUT2D eigenvalue weighted by molar-refractivity contribution is 0.403. The SMILES string of the molecule is Clc1ccc(C2CNCCC2c2nccs2)cc1. The van der Waals surface area contributed by atoms with Crippen LogP contribution in [0.1, 0.15) is 28.8 Å². The molecular formula is C14H15ClN2S. The third kappa shape index (κ3) is 2.44. The van der Waals surface area contributed by atoms with Crippen LogP contribution in [0.3, 0.4) is 0 Å². The number of halogens is 1. The molecule has 0 amide bonds. The second-order valence-electron chi connectivity index (χ2n) is 4.63. The molecular weight excluding hydrogens is 264 g/mol. The number of rotatable bonds is 2. The van der Waals surface area contributed by atoms with Gasteiger partial charge in [-0.15, -0.1) is 11.3 Å². The van der Waals surface area contributed by atoms with Gasteiger partial charge in [0.1, 0.15) is 0 Å². The van der Waals surface area contributed by atoms with Gasteiger partial charge in [0, 0.05) is 35.0 Å². The van der Waals surface area contributed by atoms with Gasteiger partial charge in [0.15, 0.2) is 0 Å².